The fourth-order valence-corrected chi connectivity index (χ4v) is 2.52. The first-order valence-electron chi connectivity index (χ1n) is 7.13. The van der Waals surface area contributed by atoms with Gasteiger partial charge in [-0.25, -0.2) is 0 Å². The second-order valence-corrected chi connectivity index (χ2v) is 5.47. The van der Waals surface area contributed by atoms with Gasteiger partial charge in [0.1, 0.15) is 0 Å². The molecule has 1 heterocycles. The Morgan fingerprint density at radius 3 is 2.62 bits per heavy atom. The van der Waals surface area contributed by atoms with E-state index in [1.54, 1.807) is 24.3 Å². The Labute approximate surface area is 124 Å². The highest BCUT2D eigenvalue weighted by atomic mass is 16.2. The molecule has 1 saturated heterocycles. The Morgan fingerprint density at radius 2 is 2.00 bits per heavy atom. The second-order valence-electron chi connectivity index (χ2n) is 5.47. The highest BCUT2D eigenvalue weighted by Gasteiger charge is 2.29. The number of nitrogens with one attached hydrogen (secondary N) is 2. The summed E-state index contributed by atoms with van der Waals surface area (Å²) in [5.41, 5.74) is 7.02. The summed E-state index contributed by atoms with van der Waals surface area (Å²) in [6.07, 6.45) is 0.874. The standard InChI is InChI=1S/C15H22N4O2/c1-10(19-8-7-14(9-19)17-11(2)20)15(21)18-13-5-3-12(16)4-6-13/h3-6,10,14H,7-9,16H2,1-2H3,(H,17,20)(H,18,21). The van der Waals surface area contributed by atoms with Crippen LogP contribution in [0.4, 0.5) is 11.4 Å². The summed E-state index contributed by atoms with van der Waals surface area (Å²) >= 11 is 0. The number of nitrogens with zero attached hydrogens (tertiary/aromatic N) is 1. The Balaban J connectivity index is 1.88. The van der Waals surface area contributed by atoms with Gasteiger partial charge in [-0.05, 0) is 37.6 Å². The lowest BCUT2D eigenvalue weighted by Gasteiger charge is -2.23. The predicted molar refractivity (Wildman–Crippen MR) is 82.7 cm³/mol. The molecule has 0 bridgehead atoms. The van der Waals surface area contributed by atoms with Gasteiger partial charge in [-0.3, -0.25) is 14.5 Å². The highest BCUT2D eigenvalue weighted by Crippen LogP contribution is 2.15. The first kappa shape index (κ1) is 15.3. The first-order chi connectivity index (χ1) is 9.95. The molecule has 21 heavy (non-hydrogen) atoms. The Kier molecular flexibility index (Phi) is 4.80. The summed E-state index contributed by atoms with van der Waals surface area (Å²) < 4.78 is 0. The van der Waals surface area contributed by atoms with Gasteiger partial charge in [-0.1, -0.05) is 0 Å². The van der Waals surface area contributed by atoms with Crippen molar-refractivity contribution in [3.8, 4) is 0 Å². The summed E-state index contributed by atoms with van der Waals surface area (Å²) in [5.74, 6) is -0.0796. The lowest BCUT2D eigenvalue weighted by molar-refractivity contribution is -0.120. The maximum Gasteiger partial charge on any atom is 0.241 e. The molecule has 6 nitrogen and oxygen atoms in total. The molecule has 1 aromatic rings. The number of rotatable bonds is 4. The summed E-state index contributed by atoms with van der Waals surface area (Å²) in [4.78, 5) is 25.4. The van der Waals surface area contributed by atoms with Crippen molar-refractivity contribution in [1.29, 1.82) is 0 Å². The second kappa shape index (κ2) is 6.58. The van der Waals surface area contributed by atoms with Crippen LogP contribution in [0.3, 0.4) is 0 Å². The topological polar surface area (TPSA) is 87.5 Å². The molecule has 0 aromatic heterocycles. The van der Waals surface area contributed by atoms with E-state index >= 15 is 0 Å². The van der Waals surface area contributed by atoms with Gasteiger partial charge in [0.2, 0.25) is 11.8 Å². The minimum Gasteiger partial charge on any atom is -0.399 e. The number of nitrogens with two attached hydrogens (primary N) is 1. The van der Waals surface area contributed by atoms with Crippen LogP contribution >= 0.6 is 0 Å². The van der Waals surface area contributed by atoms with Crippen LogP contribution in [-0.4, -0.2) is 41.9 Å². The Morgan fingerprint density at radius 1 is 1.33 bits per heavy atom. The van der Waals surface area contributed by atoms with Gasteiger partial charge in [0.05, 0.1) is 6.04 Å². The molecule has 2 atom stereocenters. The molecule has 1 aliphatic rings. The molecule has 4 N–H and O–H groups in total. The molecule has 1 aliphatic heterocycles. The number of anilines is 2. The quantitative estimate of drug-likeness (QED) is 0.716. The molecule has 0 spiro atoms. The molecular formula is C15H22N4O2. The Bertz CT molecular complexity index is 515. The third-order valence-corrected chi connectivity index (χ3v) is 3.73. The van der Waals surface area contributed by atoms with E-state index in [-0.39, 0.29) is 23.9 Å². The third-order valence-electron chi connectivity index (χ3n) is 3.73. The number of amides is 2. The van der Waals surface area contributed by atoms with Crippen molar-refractivity contribution in [2.45, 2.75) is 32.4 Å². The number of hydrogen-bond acceptors (Lipinski definition) is 4. The predicted octanol–water partition coefficient (Wildman–Crippen LogP) is 0.806. The first-order valence-corrected chi connectivity index (χ1v) is 7.13. The number of carbonyl (C=O) groups is 2. The number of carbonyl (C=O) groups excluding carboxylic acids is 2. The van der Waals surface area contributed by atoms with Gasteiger partial charge in [-0.2, -0.15) is 0 Å². The van der Waals surface area contributed by atoms with E-state index in [9.17, 15) is 9.59 Å². The molecule has 1 aromatic carbocycles. The zero-order valence-electron chi connectivity index (χ0n) is 12.4. The van der Waals surface area contributed by atoms with E-state index in [4.69, 9.17) is 5.73 Å². The van der Waals surface area contributed by atoms with E-state index in [2.05, 4.69) is 15.5 Å². The van der Waals surface area contributed by atoms with Crippen molar-refractivity contribution in [2.24, 2.45) is 0 Å². The molecule has 2 rings (SSSR count). The molecule has 0 saturated carbocycles. The SMILES string of the molecule is CC(=O)NC1CCN(C(C)C(=O)Nc2ccc(N)cc2)C1. The van der Waals surface area contributed by atoms with Crippen LogP contribution in [0.15, 0.2) is 24.3 Å². The van der Waals surface area contributed by atoms with Gasteiger partial charge in [0.15, 0.2) is 0 Å². The normalized spacial score (nSPS) is 20.0. The van der Waals surface area contributed by atoms with Crippen molar-refractivity contribution in [3.05, 3.63) is 24.3 Å². The fraction of sp³-hybridized carbons (Fsp3) is 0.467. The van der Waals surface area contributed by atoms with Crippen LogP contribution in [0.1, 0.15) is 20.3 Å². The van der Waals surface area contributed by atoms with Gasteiger partial charge in [-0.15, -0.1) is 0 Å². The molecule has 114 valence electrons. The van der Waals surface area contributed by atoms with Gasteiger partial charge in [0.25, 0.3) is 0 Å². The van der Waals surface area contributed by atoms with Crippen LogP contribution in [0, 0.1) is 0 Å². The lowest BCUT2D eigenvalue weighted by atomic mass is 10.2. The molecule has 2 unspecified atom stereocenters. The van der Waals surface area contributed by atoms with E-state index in [0.29, 0.717) is 12.2 Å². The minimum atomic E-state index is -0.235. The van der Waals surface area contributed by atoms with Crippen molar-refractivity contribution < 1.29 is 9.59 Å². The monoisotopic (exact) mass is 290 g/mol. The maximum atomic E-state index is 12.2. The molecule has 6 heteroatoms. The summed E-state index contributed by atoms with van der Waals surface area (Å²) in [5, 5.41) is 5.77. The van der Waals surface area contributed by atoms with Crippen LogP contribution in [-0.2, 0) is 9.59 Å². The maximum absolute atomic E-state index is 12.2. The minimum absolute atomic E-state index is 0.0270. The van der Waals surface area contributed by atoms with Crippen molar-refractivity contribution in [3.63, 3.8) is 0 Å². The molecule has 0 aliphatic carbocycles. The number of nitrogen functional groups attached to an aromatic ring is 1. The fourth-order valence-electron chi connectivity index (χ4n) is 2.52. The lowest BCUT2D eigenvalue weighted by Crippen LogP contribution is -2.43. The van der Waals surface area contributed by atoms with E-state index < -0.39 is 0 Å². The van der Waals surface area contributed by atoms with Crippen LogP contribution in [0.25, 0.3) is 0 Å². The summed E-state index contributed by atoms with van der Waals surface area (Å²) in [6.45, 7) is 4.90. The van der Waals surface area contributed by atoms with Crippen molar-refractivity contribution in [2.75, 3.05) is 24.1 Å². The van der Waals surface area contributed by atoms with Crippen molar-refractivity contribution >= 4 is 23.2 Å². The zero-order chi connectivity index (χ0) is 15.4. The molecule has 1 fully saturated rings. The molecular weight excluding hydrogens is 268 g/mol. The highest BCUT2D eigenvalue weighted by molar-refractivity contribution is 5.94. The smallest absolute Gasteiger partial charge is 0.241 e. The molecule has 2 amide bonds. The number of benzene rings is 1. The summed E-state index contributed by atoms with van der Waals surface area (Å²) in [7, 11) is 0. The number of likely N-dealkylation sites (tertiary alicyclic amines) is 1. The van der Waals surface area contributed by atoms with Gasteiger partial charge < -0.3 is 16.4 Å². The average molecular weight is 290 g/mol. The third kappa shape index (κ3) is 4.19. The largest absolute Gasteiger partial charge is 0.399 e. The van der Waals surface area contributed by atoms with E-state index in [1.807, 2.05) is 6.92 Å². The number of hydrogen-bond donors (Lipinski definition) is 3. The van der Waals surface area contributed by atoms with Crippen LogP contribution in [0.2, 0.25) is 0 Å². The van der Waals surface area contributed by atoms with E-state index in [1.165, 1.54) is 6.92 Å². The summed E-state index contributed by atoms with van der Waals surface area (Å²) in [6, 6.07) is 6.97. The Hall–Kier alpha value is -2.08. The van der Waals surface area contributed by atoms with Crippen LogP contribution < -0.4 is 16.4 Å². The van der Waals surface area contributed by atoms with E-state index in [0.717, 1.165) is 18.7 Å². The average Bonchev–Trinajstić information content (AvgIpc) is 2.88. The molecule has 0 radical (unpaired) electrons. The van der Waals surface area contributed by atoms with Crippen molar-refractivity contribution in [1.82, 2.24) is 10.2 Å². The van der Waals surface area contributed by atoms with Gasteiger partial charge in [0, 0.05) is 37.4 Å². The van der Waals surface area contributed by atoms with Gasteiger partial charge >= 0.3 is 0 Å². The van der Waals surface area contributed by atoms with Crippen LogP contribution in [0.5, 0.6) is 0 Å². The zero-order valence-corrected chi connectivity index (χ0v) is 12.4.